The Kier molecular flexibility index (Phi) is 6.65. The number of benzene rings is 1. The van der Waals surface area contributed by atoms with Crippen LogP contribution in [0.5, 0.6) is 5.88 Å². The zero-order valence-electron chi connectivity index (χ0n) is 13.6. The molecule has 9 heteroatoms. The molecule has 0 amide bonds. The topological polar surface area (TPSA) is 71.5 Å². The number of methoxy groups -OCH3 is 1. The van der Waals surface area contributed by atoms with Gasteiger partial charge in [0.25, 0.3) is 0 Å². The molecule has 3 rings (SSSR count). The van der Waals surface area contributed by atoms with Gasteiger partial charge in [-0.3, -0.25) is 0 Å². The summed E-state index contributed by atoms with van der Waals surface area (Å²) in [7, 11) is -2.20. The van der Waals surface area contributed by atoms with Crippen molar-refractivity contribution in [1.29, 1.82) is 0 Å². The van der Waals surface area contributed by atoms with Crippen molar-refractivity contribution in [2.45, 2.75) is 10.9 Å². The van der Waals surface area contributed by atoms with Crippen molar-refractivity contribution in [3.8, 4) is 5.88 Å². The normalized spacial score (nSPS) is 18.4. The third kappa shape index (κ3) is 4.07. The molecule has 2 aromatic rings. The van der Waals surface area contributed by atoms with Gasteiger partial charge >= 0.3 is 0 Å². The second-order valence-electron chi connectivity index (χ2n) is 5.39. The van der Waals surface area contributed by atoms with Gasteiger partial charge in [0.2, 0.25) is 15.9 Å². The third-order valence-electron chi connectivity index (χ3n) is 3.98. The first-order valence-electron chi connectivity index (χ1n) is 7.51. The van der Waals surface area contributed by atoms with E-state index in [9.17, 15) is 8.42 Å². The van der Waals surface area contributed by atoms with Gasteiger partial charge in [0.15, 0.2) is 0 Å². The molecule has 6 nitrogen and oxygen atoms in total. The Bertz CT molecular complexity index is 816. The van der Waals surface area contributed by atoms with Gasteiger partial charge in [0, 0.05) is 30.7 Å². The zero-order valence-corrected chi connectivity index (χ0v) is 15.9. The molecule has 1 aliphatic heterocycles. The van der Waals surface area contributed by atoms with Crippen molar-refractivity contribution in [2.75, 3.05) is 26.7 Å². The predicted molar refractivity (Wildman–Crippen MR) is 99.0 cm³/mol. The number of piperazine rings is 1. The van der Waals surface area contributed by atoms with Gasteiger partial charge in [-0.2, -0.15) is 4.31 Å². The van der Waals surface area contributed by atoms with Crippen molar-refractivity contribution in [1.82, 2.24) is 14.6 Å². The molecule has 0 spiro atoms. The molecule has 1 saturated heterocycles. The Hall–Kier alpha value is -1.38. The third-order valence-corrected chi connectivity index (χ3v) is 6.22. The summed E-state index contributed by atoms with van der Waals surface area (Å²) < 4.78 is 32.6. The Labute approximate surface area is 158 Å². The van der Waals surface area contributed by atoms with Crippen LogP contribution in [0.25, 0.3) is 0 Å². The molecule has 1 aliphatic rings. The van der Waals surface area contributed by atoms with E-state index in [1.54, 1.807) is 12.1 Å². The van der Waals surface area contributed by atoms with Crippen LogP contribution in [-0.4, -0.2) is 44.5 Å². The minimum absolute atomic E-state index is 0. The fourth-order valence-corrected chi connectivity index (χ4v) is 4.57. The fraction of sp³-hybridized carbons (Fsp3) is 0.312. The van der Waals surface area contributed by atoms with Crippen LogP contribution in [0.2, 0.25) is 5.02 Å². The second-order valence-corrected chi connectivity index (χ2v) is 7.69. The first-order chi connectivity index (χ1) is 11.5. The molecule has 0 bridgehead atoms. The Morgan fingerprint density at radius 3 is 2.68 bits per heavy atom. The number of aromatic nitrogens is 1. The molecule has 136 valence electrons. The SMILES string of the molecule is COc1ccc(S(=O)(=O)N2CCNCC2c2ccccc2Cl)cn1.Cl. The Balaban J connectivity index is 0.00000225. The van der Waals surface area contributed by atoms with Gasteiger partial charge in [0.1, 0.15) is 4.90 Å². The van der Waals surface area contributed by atoms with E-state index in [0.29, 0.717) is 30.5 Å². The largest absolute Gasteiger partial charge is 0.481 e. The molecular weight excluding hydrogens is 385 g/mol. The first kappa shape index (κ1) is 19.9. The van der Waals surface area contributed by atoms with Crippen molar-refractivity contribution in [2.24, 2.45) is 0 Å². The van der Waals surface area contributed by atoms with E-state index in [4.69, 9.17) is 16.3 Å². The fourth-order valence-electron chi connectivity index (χ4n) is 2.76. The van der Waals surface area contributed by atoms with Crippen LogP contribution in [0.3, 0.4) is 0 Å². The Morgan fingerprint density at radius 1 is 1.28 bits per heavy atom. The van der Waals surface area contributed by atoms with Crippen LogP contribution in [0, 0.1) is 0 Å². The lowest BCUT2D eigenvalue weighted by Gasteiger charge is -2.35. The predicted octanol–water partition coefficient (Wildman–Crippen LogP) is 2.50. The average Bonchev–Trinajstić information content (AvgIpc) is 2.62. The molecule has 25 heavy (non-hydrogen) atoms. The highest BCUT2D eigenvalue weighted by atomic mass is 35.5. The lowest BCUT2D eigenvalue weighted by Crippen LogP contribution is -2.48. The van der Waals surface area contributed by atoms with Crippen molar-refractivity contribution < 1.29 is 13.2 Å². The molecule has 1 N–H and O–H groups in total. The van der Waals surface area contributed by atoms with E-state index in [2.05, 4.69) is 10.3 Å². The maximum atomic E-state index is 13.1. The van der Waals surface area contributed by atoms with Crippen LogP contribution in [0.15, 0.2) is 47.5 Å². The number of nitrogens with one attached hydrogen (secondary N) is 1. The first-order valence-corrected chi connectivity index (χ1v) is 9.33. The van der Waals surface area contributed by atoms with Crippen LogP contribution in [0.1, 0.15) is 11.6 Å². The highest BCUT2D eigenvalue weighted by Gasteiger charge is 2.35. The van der Waals surface area contributed by atoms with E-state index in [-0.39, 0.29) is 23.3 Å². The second kappa shape index (κ2) is 8.33. The highest BCUT2D eigenvalue weighted by Crippen LogP contribution is 2.32. The van der Waals surface area contributed by atoms with E-state index < -0.39 is 10.0 Å². The van der Waals surface area contributed by atoms with E-state index in [0.717, 1.165) is 5.56 Å². The molecule has 1 unspecified atom stereocenters. The summed E-state index contributed by atoms with van der Waals surface area (Å²) in [6.07, 6.45) is 1.32. The quantitative estimate of drug-likeness (QED) is 0.848. The monoisotopic (exact) mass is 403 g/mol. The van der Waals surface area contributed by atoms with Crippen LogP contribution in [0.4, 0.5) is 0 Å². The van der Waals surface area contributed by atoms with Gasteiger partial charge in [-0.25, -0.2) is 13.4 Å². The molecule has 0 aliphatic carbocycles. The van der Waals surface area contributed by atoms with E-state index in [1.165, 1.54) is 23.7 Å². The number of rotatable bonds is 4. The number of hydrogen-bond donors (Lipinski definition) is 1. The maximum absolute atomic E-state index is 13.1. The van der Waals surface area contributed by atoms with E-state index >= 15 is 0 Å². The number of ether oxygens (including phenoxy) is 1. The summed E-state index contributed by atoms with van der Waals surface area (Å²) in [5.41, 5.74) is 0.788. The van der Waals surface area contributed by atoms with Crippen molar-refractivity contribution in [3.63, 3.8) is 0 Å². The number of sulfonamides is 1. The van der Waals surface area contributed by atoms with Gasteiger partial charge in [-0.05, 0) is 17.7 Å². The minimum atomic E-state index is -3.68. The summed E-state index contributed by atoms with van der Waals surface area (Å²) in [6, 6.07) is 10.00. The summed E-state index contributed by atoms with van der Waals surface area (Å²) in [4.78, 5) is 4.14. The number of pyridine rings is 1. The summed E-state index contributed by atoms with van der Waals surface area (Å²) in [5, 5.41) is 3.79. The molecule has 1 aromatic carbocycles. The van der Waals surface area contributed by atoms with Gasteiger partial charge in [0.05, 0.1) is 19.3 Å². The van der Waals surface area contributed by atoms with Crippen molar-refractivity contribution in [3.05, 3.63) is 53.2 Å². The molecule has 0 saturated carbocycles. The number of nitrogens with zero attached hydrogens (tertiary/aromatic N) is 2. The zero-order chi connectivity index (χ0) is 17.2. The smallest absolute Gasteiger partial charge is 0.245 e. The van der Waals surface area contributed by atoms with Crippen LogP contribution in [-0.2, 0) is 10.0 Å². The standard InChI is InChI=1S/C16H18ClN3O3S.ClH/c1-23-16-7-6-12(10-19-16)24(21,22)20-9-8-18-11-15(20)13-4-2-3-5-14(13)17;/h2-7,10,15,18H,8-9,11H2,1H3;1H. The van der Waals surface area contributed by atoms with Crippen LogP contribution < -0.4 is 10.1 Å². The Morgan fingerprint density at radius 2 is 2.04 bits per heavy atom. The molecular formula is C16H19Cl2N3O3S. The average molecular weight is 404 g/mol. The molecule has 0 radical (unpaired) electrons. The number of hydrogen-bond acceptors (Lipinski definition) is 5. The van der Waals surface area contributed by atoms with Gasteiger partial charge < -0.3 is 10.1 Å². The van der Waals surface area contributed by atoms with E-state index in [1.807, 2.05) is 18.2 Å². The van der Waals surface area contributed by atoms with Crippen molar-refractivity contribution >= 4 is 34.0 Å². The molecule has 2 heterocycles. The van der Waals surface area contributed by atoms with Gasteiger partial charge in [-0.15, -0.1) is 12.4 Å². The number of halogens is 2. The molecule has 1 aromatic heterocycles. The van der Waals surface area contributed by atoms with Gasteiger partial charge in [-0.1, -0.05) is 29.8 Å². The lowest BCUT2D eigenvalue weighted by molar-refractivity contribution is 0.271. The lowest BCUT2D eigenvalue weighted by atomic mass is 10.1. The minimum Gasteiger partial charge on any atom is -0.481 e. The molecule has 1 atom stereocenters. The van der Waals surface area contributed by atoms with Crippen LogP contribution >= 0.6 is 24.0 Å². The highest BCUT2D eigenvalue weighted by molar-refractivity contribution is 7.89. The molecule has 1 fully saturated rings. The summed E-state index contributed by atoms with van der Waals surface area (Å²) in [5.74, 6) is 0.372. The summed E-state index contributed by atoms with van der Waals surface area (Å²) in [6.45, 7) is 1.46. The maximum Gasteiger partial charge on any atom is 0.245 e. The summed E-state index contributed by atoms with van der Waals surface area (Å²) >= 11 is 6.28.